The van der Waals surface area contributed by atoms with Gasteiger partial charge in [0, 0.05) is 18.6 Å². The van der Waals surface area contributed by atoms with Gasteiger partial charge in [0.1, 0.15) is 12.3 Å². The van der Waals surface area contributed by atoms with Crippen molar-refractivity contribution in [2.45, 2.75) is 24.9 Å². The summed E-state index contributed by atoms with van der Waals surface area (Å²) in [5.41, 5.74) is 0.555. The summed E-state index contributed by atoms with van der Waals surface area (Å²) in [6.07, 6.45) is -2.02. The number of aliphatic hydroxyl groups excluding tert-OH is 1. The highest BCUT2D eigenvalue weighted by Crippen LogP contribution is 2.66. The fraction of sp³-hybridized carbons (Fsp3) is 0.417. The summed E-state index contributed by atoms with van der Waals surface area (Å²) in [4.78, 5) is 49.9. The van der Waals surface area contributed by atoms with Gasteiger partial charge in [-0.2, -0.15) is 8.62 Å². The molecule has 5 N–H and O–H groups in total. The van der Waals surface area contributed by atoms with Crippen molar-refractivity contribution in [1.82, 2.24) is 9.55 Å². The van der Waals surface area contributed by atoms with Gasteiger partial charge in [0.15, 0.2) is 0 Å². The van der Waals surface area contributed by atoms with E-state index in [2.05, 4.69) is 18.1 Å². The van der Waals surface area contributed by atoms with Crippen molar-refractivity contribution in [3.63, 3.8) is 0 Å². The van der Waals surface area contributed by atoms with Crippen LogP contribution in [0.1, 0.15) is 12.6 Å². The summed E-state index contributed by atoms with van der Waals surface area (Å²) in [7, 11) is -16.6. The minimum Gasteiger partial charge on any atom is -0.390 e. The third kappa shape index (κ3) is 6.26. The molecule has 32 heavy (non-hydrogen) atoms. The molecular formula is C12H16N3O14P3. The predicted molar refractivity (Wildman–Crippen MR) is 101 cm³/mol. The number of ether oxygens (including phenoxy) is 1. The molecule has 0 bridgehead atoms. The van der Waals surface area contributed by atoms with E-state index in [1.807, 2.05) is 0 Å². The zero-order chi connectivity index (χ0) is 23.9. The Labute approximate surface area is 177 Å². The van der Waals surface area contributed by atoms with Gasteiger partial charge in [-0.25, -0.2) is 18.7 Å². The van der Waals surface area contributed by atoms with Crippen molar-refractivity contribution in [2.24, 2.45) is 0 Å². The predicted octanol–water partition coefficient (Wildman–Crippen LogP) is 0.936. The molecule has 2 aromatic rings. The standard InChI is InChI=1S/C12H16N3O14P3/c16-10-4-12(14-6-13-8-3-7(15(17)18)1-2-9(8)14)27-11(10)5-26-31(22,23)29-32(24,25)28-30(19,20)21/h1-3,6,10-12,16H,4-5H2,(H,22,23)(H,24,25)(H2,19,20,21)/t10-,11+,12+/m0/s1. The van der Waals surface area contributed by atoms with Gasteiger partial charge in [-0.05, 0) is 6.07 Å². The first-order valence-corrected chi connectivity index (χ1v) is 12.9. The Morgan fingerprint density at radius 2 is 1.88 bits per heavy atom. The number of hydrogen-bond donors (Lipinski definition) is 5. The third-order valence-corrected chi connectivity index (χ3v) is 7.90. The van der Waals surface area contributed by atoms with Crippen LogP contribution in [-0.2, 0) is 31.6 Å². The highest BCUT2D eigenvalue weighted by molar-refractivity contribution is 7.66. The molecule has 1 aromatic heterocycles. The Kier molecular flexibility index (Phi) is 7.04. The number of phosphoric ester groups is 1. The molecule has 1 fully saturated rings. The molecule has 3 rings (SSSR count). The normalized spacial score (nSPS) is 25.5. The molecule has 2 heterocycles. The SMILES string of the molecule is O=[N+]([O-])c1ccc2c(c1)ncn2[C@H]1C[C@H](O)[C@@H](COP(=O)(O)OP(=O)(O)OP(=O)(O)O)O1. The van der Waals surface area contributed by atoms with Crippen molar-refractivity contribution in [3.05, 3.63) is 34.6 Å². The van der Waals surface area contributed by atoms with Crippen LogP contribution < -0.4 is 0 Å². The average molecular weight is 519 g/mol. The van der Waals surface area contributed by atoms with Crippen LogP contribution in [-0.4, -0.2) is 58.0 Å². The van der Waals surface area contributed by atoms with Crippen LogP contribution in [0.4, 0.5) is 5.69 Å². The average Bonchev–Trinajstić information content (AvgIpc) is 3.19. The summed E-state index contributed by atoms with van der Waals surface area (Å²) < 4.78 is 52.4. The highest BCUT2D eigenvalue weighted by Gasteiger charge is 2.43. The Morgan fingerprint density at radius 3 is 2.50 bits per heavy atom. The first kappa shape index (κ1) is 25.1. The first-order chi connectivity index (χ1) is 14.7. The molecule has 0 aliphatic carbocycles. The Hall–Kier alpha value is -1.58. The van der Waals surface area contributed by atoms with Gasteiger partial charge in [-0.1, -0.05) is 0 Å². The molecule has 5 atom stereocenters. The lowest BCUT2D eigenvalue weighted by Crippen LogP contribution is -2.26. The van der Waals surface area contributed by atoms with Crippen molar-refractivity contribution >= 4 is 40.2 Å². The number of nitro groups is 1. The second-order valence-corrected chi connectivity index (χ2v) is 10.8. The van der Waals surface area contributed by atoms with Crippen molar-refractivity contribution in [2.75, 3.05) is 6.61 Å². The summed E-state index contributed by atoms with van der Waals surface area (Å²) in [6, 6.07) is 3.92. The number of non-ortho nitro benzene ring substituents is 1. The summed E-state index contributed by atoms with van der Waals surface area (Å²) in [5.74, 6) is 0. The van der Waals surface area contributed by atoms with Gasteiger partial charge in [0.25, 0.3) is 5.69 Å². The van der Waals surface area contributed by atoms with Crippen molar-refractivity contribution in [3.8, 4) is 0 Å². The Balaban J connectivity index is 1.65. The Morgan fingerprint density at radius 1 is 1.19 bits per heavy atom. The maximum absolute atomic E-state index is 11.8. The van der Waals surface area contributed by atoms with Crippen molar-refractivity contribution in [1.29, 1.82) is 0 Å². The quantitative estimate of drug-likeness (QED) is 0.176. The number of rotatable bonds is 9. The fourth-order valence-electron chi connectivity index (χ4n) is 2.87. The smallest absolute Gasteiger partial charge is 0.390 e. The lowest BCUT2D eigenvalue weighted by molar-refractivity contribution is -0.384. The molecule has 1 aliphatic rings. The number of imidazole rings is 1. The maximum Gasteiger partial charge on any atom is 0.490 e. The van der Waals surface area contributed by atoms with Gasteiger partial charge in [-0.3, -0.25) is 14.6 Å². The van der Waals surface area contributed by atoms with Crippen LogP contribution in [0.3, 0.4) is 0 Å². The molecule has 1 aliphatic heterocycles. The van der Waals surface area contributed by atoms with Crippen LogP contribution >= 0.6 is 23.5 Å². The second-order valence-electron chi connectivity index (χ2n) is 6.40. The van der Waals surface area contributed by atoms with Crippen molar-refractivity contribution < 1.29 is 61.2 Å². The van der Waals surface area contributed by atoms with E-state index < -0.39 is 53.4 Å². The van der Waals surface area contributed by atoms with E-state index in [0.717, 1.165) is 0 Å². The summed E-state index contributed by atoms with van der Waals surface area (Å²) in [5, 5.41) is 21.0. The fourth-order valence-corrected chi connectivity index (χ4v) is 5.90. The van der Waals surface area contributed by atoms with E-state index in [4.69, 9.17) is 19.4 Å². The van der Waals surface area contributed by atoms with Gasteiger partial charge in [0.2, 0.25) is 0 Å². The highest BCUT2D eigenvalue weighted by atomic mass is 31.3. The lowest BCUT2D eigenvalue weighted by atomic mass is 10.2. The van der Waals surface area contributed by atoms with Crippen LogP contribution in [0.2, 0.25) is 0 Å². The zero-order valence-corrected chi connectivity index (χ0v) is 18.2. The van der Waals surface area contributed by atoms with Crippen LogP contribution in [0.15, 0.2) is 24.5 Å². The molecule has 0 amide bonds. The molecule has 2 unspecified atom stereocenters. The van der Waals surface area contributed by atoms with Gasteiger partial charge in [-0.15, -0.1) is 0 Å². The summed E-state index contributed by atoms with van der Waals surface area (Å²) in [6.45, 7) is -0.820. The first-order valence-electron chi connectivity index (χ1n) is 8.39. The van der Waals surface area contributed by atoms with E-state index in [1.165, 1.54) is 29.1 Å². The summed E-state index contributed by atoms with van der Waals surface area (Å²) >= 11 is 0. The zero-order valence-electron chi connectivity index (χ0n) is 15.5. The van der Waals surface area contributed by atoms with Gasteiger partial charge in [0.05, 0.1) is 35.0 Å². The number of aromatic nitrogens is 2. The molecule has 178 valence electrons. The van der Waals surface area contributed by atoms with E-state index >= 15 is 0 Å². The molecule has 0 spiro atoms. The number of fused-ring (bicyclic) bond motifs is 1. The number of aliphatic hydroxyl groups is 1. The van der Waals surface area contributed by atoms with Crippen LogP contribution in [0, 0.1) is 10.1 Å². The van der Waals surface area contributed by atoms with Crippen LogP contribution in [0.25, 0.3) is 11.0 Å². The van der Waals surface area contributed by atoms with Gasteiger partial charge < -0.3 is 34.0 Å². The molecule has 17 nitrogen and oxygen atoms in total. The number of hydrogen-bond acceptors (Lipinski definition) is 11. The lowest BCUT2D eigenvalue weighted by Gasteiger charge is -2.19. The maximum atomic E-state index is 11.8. The number of nitrogens with zero attached hydrogens (tertiary/aromatic N) is 3. The molecule has 20 heteroatoms. The topological polar surface area (TPSA) is 250 Å². The second kappa shape index (κ2) is 8.99. The molecular weight excluding hydrogens is 503 g/mol. The number of nitro benzene ring substituents is 1. The minimum atomic E-state index is -5.67. The molecule has 0 radical (unpaired) electrons. The van der Waals surface area contributed by atoms with Gasteiger partial charge >= 0.3 is 23.5 Å². The van der Waals surface area contributed by atoms with E-state index in [1.54, 1.807) is 0 Å². The third-order valence-electron chi connectivity index (χ3n) is 4.10. The molecule has 1 aromatic carbocycles. The van der Waals surface area contributed by atoms with E-state index in [0.29, 0.717) is 5.52 Å². The molecule has 1 saturated heterocycles. The monoisotopic (exact) mass is 519 g/mol. The largest absolute Gasteiger partial charge is 0.490 e. The molecule has 0 saturated carbocycles. The minimum absolute atomic E-state index is 0.0348. The number of phosphoric acid groups is 3. The van der Waals surface area contributed by atoms with Crippen LogP contribution in [0.5, 0.6) is 0 Å². The van der Waals surface area contributed by atoms with E-state index in [-0.39, 0.29) is 17.6 Å². The van der Waals surface area contributed by atoms with E-state index in [9.17, 15) is 33.8 Å². The number of benzene rings is 1. The Bertz CT molecular complexity index is 1160.